The minimum atomic E-state index is 0.939. The van der Waals surface area contributed by atoms with Gasteiger partial charge in [0.1, 0.15) is 0 Å². The molecule has 0 bridgehead atoms. The van der Waals surface area contributed by atoms with Crippen LogP contribution in [-0.2, 0) is 6.54 Å². The van der Waals surface area contributed by atoms with Crippen molar-refractivity contribution in [2.75, 3.05) is 5.33 Å². The van der Waals surface area contributed by atoms with Crippen LogP contribution in [0.1, 0.15) is 32.4 Å². The Morgan fingerprint density at radius 3 is 3.07 bits per heavy atom. The molecule has 0 radical (unpaired) electrons. The lowest BCUT2D eigenvalue weighted by Gasteiger charge is -2.04. The first-order valence-electron chi connectivity index (χ1n) is 4.91. The Morgan fingerprint density at radius 1 is 1.64 bits per heavy atom. The number of halogens is 1. The second kappa shape index (κ2) is 5.96. The van der Waals surface area contributed by atoms with Gasteiger partial charge in [-0.15, -0.1) is 5.10 Å². The van der Waals surface area contributed by atoms with Gasteiger partial charge in [0.25, 0.3) is 0 Å². The molecule has 1 rings (SSSR count). The third kappa shape index (κ3) is 2.94. The summed E-state index contributed by atoms with van der Waals surface area (Å²) in [4.78, 5) is 0. The zero-order valence-electron chi connectivity index (χ0n) is 8.70. The first-order valence-corrected chi connectivity index (χ1v) is 6.03. The van der Waals surface area contributed by atoms with E-state index >= 15 is 0 Å². The minimum absolute atomic E-state index is 0.939. The highest BCUT2D eigenvalue weighted by Crippen LogP contribution is 2.13. The number of alkyl halides is 1. The smallest absolute Gasteiger partial charge is 0.0839 e. The summed E-state index contributed by atoms with van der Waals surface area (Å²) >= 11 is 3.41. The van der Waals surface area contributed by atoms with Crippen LogP contribution in [-0.4, -0.2) is 20.3 Å². The fraction of sp³-hybridized carbons (Fsp3) is 0.600. The summed E-state index contributed by atoms with van der Waals surface area (Å²) in [7, 11) is 0. The van der Waals surface area contributed by atoms with Gasteiger partial charge in [0.15, 0.2) is 0 Å². The van der Waals surface area contributed by atoms with Crippen molar-refractivity contribution >= 4 is 21.5 Å². The summed E-state index contributed by atoms with van der Waals surface area (Å²) in [6.07, 6.45) is 6.17. The average Bonchev–Trinajstić information content (AvgIpc) is 2.63. The zero-order chi connectivity index (χ0) is 10.4. The number of aromatic nitrogens is 3. The number of nitrogens with zero attached hydrogens (tertiary/aromatic N) is 3. The van der Waals surface area contributed by atoms with E-state index < -0.39 is 0 Å². The van der Waals surface area contributed by atoms with Crippen molar-refractivity contribution in [3.63, 3.8) is 0 Å². The van der Waals surface area contributed by atoms with Gasteiger partial charge in [-0.3, -0.25) is 0 Å². The van der Waals surface area contributed by atoms with E-state index in [0.29, 0.717) is 0 Å². The Kier molecular flexibility index (Phi) is 4.87. The van der Waals surface area contributed by atoms with E-state index in [-0.39, 0.29) is 0 Å². The molecule has 0 fully saturated rings. The van der Waals surface area contributed by atoms with E-state index in [2.05, 4.69) is 46.2 Å². The molecule has 0 aliphatic rings. The molecule has 0 spiro atoms. The van der Waals surface area contributed by atoms with E-state index in [1.165, 1.54) is 5.57 Å². The average molecular weight is 258 g/mol. The number of aryl methyl sites for hydroxylation is 1. The Bertz CT molecular complexity index is 304. The van der Waals surface area contributed by atoms with E-state index in [9.17, 15) is 0 Å². The third-order valence-corrected chi connectivity index (χ3v) is 2.47. The highest BCUT2D eigenvalue weighted by atomic mass is 79.9. The van der Waals surface area contributed by atoms with Crippen molar-refractivity contribution in [1.82, 2.24) is 15.0 Å². The fourth-order valence-corrected chi connectivity index (χ4v) is 1.54. The van der Waals surface area contributed by atoms with Crippen LogP contribution in [0.25, 0.3) is 5.57 Å². The lowest BCUT2D eigenvalue weighted by atomic mass is 10.2. The quantitative estimate of drug-likeness (QED) is 0.760. The largest absolute Gasteiger partial charge is 0.245 e. The molecule has 0 aliphatic carbocycles. The number of allylic oxidation sites excluding steroid dienone is 2. The summed E-state index contributed by atoms with van der Waals surface area (Å²) in [5.41, 5.74) is 2.38. The summed E-state index contributed by atoms with van der Waals surface area (Å²) in [5.74, 6) is 0. The van der Waals surface area contributed by atoms with Gasteiger partial charge in [0, 0.05) is 11.9 Å². The van der Waals surface area contributed by atoms with Crippen molar-refractivity contribution < 1.29 is 0 Å². The number of hydrogen-bond acceptors (Lipinski definition) is 2. The van der Waals surface area contributed by atoms with Gasteiger partial charge in [-0.05, 0) is 25.3 Å². The third-order valence-electron chi connectivity index (χ3n) is 2.02. The summed E-state index contributed by atoms with van der Waals surface area (Å²) in [6.45, 7) is 5.19. The van der Waals surface area contributed by atoms with Crippen LogP contribution in [0.4, 0.5) is 0 Å². The predicted molar refractivity (Wildman–Crippen MR) is 62.4 cm³/mol. The highest BCUT2D eigenvalue weighted by molar-refractivity contribution is 9.09. The Hall–Kier alpha value is -0.640. The van der Waals surface area contributed by atoms with Crippen LogP contribution in [0.15, 0.2) is 12.3 Å². The van der Waals surface area contributed by atoms with Crippen LogP contribution < -0.4 is 0 Å². The molecule has 3 nitrogen and oxygen atoms in total. The maximum Gasteiger partial charge on any atom is 0.0839 e. The van der Waals surface area contributed by atoms with Crippen molar-refractivity contribution in [3.05, 3.63) is 18.0 Å². The molecule has 0 unspecified atom stereocenters. The lowest BCUT2D eigenvalue weighted by Crippen LogP contribution is -2.03. The van der Waals surface area contributed by atoms with Gasteiger partial charge in [-0.2, -0.15) is 0 Å². The molecule has 0 atom stereocenters. The van der Waals surface area contributed by atoms with E-state index in [4.69, 9.17) is 0 Å². The molecular weight excluding hydrogens is 242 g/mol. The second-order valence-electron chi connectivity index (χ2n) is 3.21. The minimum Gasteiger partial charge on any atom is -0.245 e. The number of hydrogen-bond donors (Lipinski definition) is 0. The molecule has 1 aromatic heterocycles. The van der Waals surface area contributed by atoms with Crippen molar-refractivity contribution in [1.29, 1.82) is 0 Å². The first kappa shape index (κ1) is 11.4. The molecule has 1 aromatic rings. The van der Waals surface area contributed by atoms with Crippen LogP contribution >= 0.6 is 15.9 Å². The van der Waals surface area contributed by atoms with Crippen LogP contribution in [0.2, 0.25) is 0 Å². The van der Waals surface area contributed by atoms with Crippen LogP contribution in [0, 0.1) is 0 Å². The van der Waals surface area contributed by atoms with Gasteiger partial charge < -0.3 is 0 Å². The Morgan fingerprint density at radius 2 is 2.43 bits per heavy atom. The summed E-state index contributed by atoms with van der Waals surface area (Å²) in [6, 6.07) is 0. The molecule has 4 heteroatoms. The van der Waals surface area contributed by atoms with E-state index in [0.717, 1.165) is 30.4 Å². The molecule has 0 aromatic carbocycles. The molecule has 0 aliphatic heterocycles. The Balaban J connectivity index is 2.77. The molecule has 0 saturated carbocycles. The van der Waals surface area contributed by atoms with Gasteiger partial charge in [0.05, 0.1) is 11.9 Å². The molecule has 14 heavy (non-hydrogen) atoms. The number of rotatable bonds is 5. The fourth-order valence-electron chi connectivity index (χ4n) is 1.32. The standard InChI is InChI=1S/C10H16BrN3/c1-3-7-14-10(8-12-13-14)9(2)5-4-6-11/h5,8H,3-4,6-7H2,1-2H3/b9-5+. The predicted octanol–water partition coefficient (Wildman–Crippen LogP) is 2.88. The van der Waals surface area contributed by atoms with Gasteiger partial charge in [-0.1, -0.05) is 34.1 Å². The van der Waals surface area contributed by atoms with Gasteiger partial charge >= 0.3 is 0 Å². The zero-order valence-corrected chi connectivity index (χ0v) is 10.3. The topological polar surface area (TPSA) is 30.7 Å². The van der Waals surface area contributed by atoms with Crippen molar-refractivity contribution in [2.24, 2.45) is 0 Å². The molecule has 0 saturated heterocycles. The van der Waals surface area contributed by atoms with E-state index in [1.807, 2.05) is 10.9 Å². The lowest BCUT2D eigenvalue weighted by molar-refractivity contribution is 0.573. The highest BCUT2D eigenvalue weighted by Gasteiger charge is 2.03. The molecule has 0 N–H and O–H groups in total. The van der Waals surface area contributed by atoms with Crippen molar-refractivity contribution in [2.45, 2.75) is 33.2 Å². The molecular formula is C10H16BrN3. The SMILES string of the molecule is CCCn1nncc1/C(C)=C/CCBr. The van der Waals surface area contributed by atoms with E-state index in [1.54, 1.807) is 0 Å². The normalized spacial score (nSPS) is 12.1. The summed E-state index contributed by atoms with van der Waals surface area (Å²) in [5, 5.41) is 8.98. The molecule has 0 amide bonds. The Labute approximate surface area is 93.3 Å². The maximum absolute atomic E-state index is 4.05. The van der Waals surface area contributed by atoms with Gasteiger partial charge in [0.2, 0.25) is 0 Å². The van der Waals surface area contributed by atoms with Crippen molar-refractivity contribution in [3.8, 4) is 0 Å². The monoisotopic (exact) mass is 257 g/mol. The second-order valence-corrected chi connectivity index (χ2v) is 4.00. The first-order chi connectivity index (χ1) is 6.79. The molecule has 1 heterocycles. The van der Waals surface area contributed by atoms with Gasteiger partial charge in [-0.25, -0.2) is 4.68 Å². The van der Waals surface area contributed by atoms with Crippen LogP contribution in [0.5, 0.6) is 0 Å². The molecule has 78 valence electrons. The summed E-state index contributed by atoms with van der Waals surface area (Å²) < 4.78 is 1.96. The maximum atomic E-state index is 4.05. The van der Waals surface area contributed by atoms with Crippen LogP contribution in [0.3, 0.4) is 0 Å².